The van der Waals surface area contributed by atoms with Gasteiger partial charge in [0.1, 0.15) is 44.4 Å². The van der Waals surface area contributed by atoms with Crippen molar-refractivity contribution in [3.8, 4) is 17.3 Å². The van der Waals surface area contributed by atoms with E-state index >= 15 is 0 Å². The molecule has 1 aliphatic heterocycles. The van der Waals surface area contributed by atoms with Crippen LogP contribution in [0.25, 0.3) is 17.2 Å². The maximum Gasteiger partial charge on any atom is 0.242 e. The molecule has 0 saturated carbocycles. The van der Waals surface area contributed by atoms with Crippen molar-refractivity contribution in [3.05, 3.63) is 87.2 Å². The van der Waals surface area contributed by atoms with Crippen LogP contribution in [0.2, 0.25) is 10.0 Å². The maximum atomic E-state index is 13.8. The van der Waals surface area contributed by atoms with E-state index in [1.54, 1.807) is 23.0 Å². The van der Waals surface area contributed by atoms with Crippen molar-refractivity contribution in [3.63, 3.8) is 0 Å². The fourth-order valence-corrected chi connectivity index (χ4v) is 5.21. The van der Waals surface area contributed by atoms with Crippen molar-refractivity contribution in [2.75, 3.05) is 11.1 Å². The Hall–Kier alpha value is -4.42. The number of rotatable bonds is 4. The third-order valence-corrected chi connectivity index (χ3v) is 7.15. The summed E-state index contributed by atoms with van der Waals surface area (Å²) in [6, 6.07) is 3.21. The molecule has 10 nitrogen and oxygen atoms in total. The quantitative estimate of drug-likeness (QED) is 0.291. The SMILES string of the molecule is CC1(c2ncc(Cl)c(O)c2Cl)C(=O)Nc2nc(-c3cn4ccnc4c(Cc4cc(F)cc(F)c4)n3)nc(N)c21. The first-order valence-corrected chi connectivity index (χ1v) is 12.1. The van der Waals surface area contributed by atoms with E-state index in [4.69, 9.17) is 28.9 Å². The topological polar surface area (TPSA) is 144 Å². The molecule has 1 aliphatic rings. The van der Waals surface area contributed by atoms with E-state index in [0.717, 1.165) is 6.07 Å². The number of nitrogens with one attached hydrogen (secondary N) is 1. The van der Waals surface area contributed by atoms with Crippen LogP contribution in [-0.2, 0) is 16.6 Å². The summed E-state index contributed by atoms with van der Waals surface area (Å²) in [7, 11) is 0. The number of aromatic hydroxyl groups is 1. The van der Waals surface area contributed by atoms with Gasteiger partial charge in [0.25, 0.3) is 0 Å². The Bertz CT molecular complexity index is 1830. The number of nitrogens with two attached hydrogens (primary N) is 1. The molecule has 0 radical (unpaired) electrons. The minimum Gasteiger partial charge on any atom is -0.505 e. The summed E-state index contributed by atoms with van der Waals surface area (Å²) in [6.45, 7) is 1.53. The number of hydrogen-bond donors (Lipinski definition) is 3. The van der Waals surface area contributed by atoms with Crippen molar-refractivity contribution in [2.45, 2.75) is 18.8 Å². The van der Waals surface area contributed by atoms with Gasteiger partial charge < -0.3 is 20.6 Å². The predicted molar refractivity (Wildman–Crippen MR) is 139 cm³/mol. The molecule has 6 rings (SSSR count). The molecular weight excluding hydrogens is 553 g/mol. The van der Waals surface area contributed by atoms with Crippen LogP contribution in [-0.4, -0.2) is 40.3 Å². The number of hydrogen-bond acceptors (Lipinski definition) is 8. The largest absolute Gasteiger partial charge is 0.505 e. The fraction of sp³-hybridized carbons (Fsp3) is 0.120. The zero-order valence-electron chi connectivity index (χ0n) is 19.9. The van der Waals surface area contributed by atoms with E-state index in [1.165, 1.54) is 25.3 Å². The van der Waals surface area contributed by atoms with Crippen molar-refractivity contribution in [1.29, 1.82) is 0 Å². The molecule has 39 heavy (non-hydrogen) atoms. The van der Waals surface area contributed by atoms with Crippen LogP contribution in [0.3, 0.4) is 0 Å². The fourth-order valence-electron chi connectivity index (χ4n) is 4.68. The Kier molecular flexibility index (Phi) is 5.63. The molecule has 0 bridgehead atoms. The number of anilines is 2. The van der Waals surface area contributed by atoms with Crippen LogP contribution >= 0.6 is 23.2 Å². The number of fused-ring (bicyclic) bond motifs is 2. The average molecular weight is 569 g/mol. The molecule has 0 fully saturated rings. The second kappa shape index (κ2) is 8.82. The summed E-state index contributed by atoms with van der Waals surface area (Å²) in [5.74, 6) is -2.25. The van der Waals surface area contributed by atoms with Crippen LogP contribution in [0, 0.1) is 11.6 Å². The normalized spacial score (nSPS) is 16.5. The number of nitrogens with zero attached hydrogens (tertiary/aromatic N) is 6. The summed E-state index contributed by atoms with van der Waals surface area (Å²) in [6.07, 6.45) is 6.09. The molecule has 196 valence electrons. The van der Waals surface area contributed by atoms with Gasteiger partial charge in [-0.1, -0.05) is 23.2 Å². The van der Waals surface area contributed by atoms with Gasteiger partial charge in [-0.25, -0.2) is 28.7 Å². The minimum atomic E-state index is -1.54. The monoisotopic (exact) mass is 568 g/mol. The van der Waals surface area contributed by atoms with Gasteiger partial charge in [-0.2, -0.15) is 0 Å². The highest BCUT2D eigenvalue weighted by Gasteiger charge is 2.50. The number of halogens is 4. The summed E-state index contributed by atoms with van der Waals surface area (Å²) in [5, 5.41) is 12.6. The molecule has 4 aromatic heterocycles. The number of nitrogen functional groups attached to an aromatic ring is 1. The van der Waals surface area contributed by atoms with Crippen molar-refractivity contribution in [2.24, 2.45) is 0 Å². The van der Waals surface area contributed by atoms with Crippen molar-refractivity contribution >= 4 is 46.4 Å². The smallest absolute Gasteiger partial charge is 0.242 e. The molecular formula is C25H16Cl2F2N8O2. The first-order valence-electron chi connectivity index (χ1n) is 11.4. The lowest BCUT2D eigenvalue weighted by Crippen LogP contribution is -2.34. The van der Waals surface area contributed by atoms with E-state index in [2.05, 4.69) is 30.2 Å². The van der Waals surface area contributed by atoms with E-state index < -0.39 is 28.7 Å². The molecule has 1 amide bonds. The average Bonchev–Trinajstić information content (AvgIpc) is 3.45. The van der Waals surface area contributed by atoms with Crippen LogP contribution in [0.4, 0.5) is 20.4 Å². The van der Waals surface area contributed by atoms with Gasteiger partial charge in [-0.3, -0.25) is 9.78 Å². The lowest BCUT2D eigenvalue weighted by molar-refractivity contribution is -0.119. The number of benzene rings is 1. The molecule has 14 heteroatoms. The molecule has 0 saturated heterocycles. The number of imidazole rings is 1. The minimum absolute atomic E-state index is 0.0212. The maximum absolute atomic E-state index is 13.8. The highest BCUT2D eigenvalue weighted by Crippen LogP contribution is 2.48. The summed E-state index contributed by atoms with van der Waals surface area (Å²) < 4.78 is 29.3. The van der Waals surface area contributed by atoms with Crippen molar-refractivity contribution in [1.82, 2.24) is 29.3 Å². The number of aromatic nitrogens is 6. The van der Waals surface area contributed by atoms with Crippen LogP contribution in [0.15, 0.2) is 43.0 Å². The summed E-state index contributed by atoms with van der Waals surface area (Å²) >= 11 is 12.2. The van der Waals surface area contributed by atoms with Gasteiger partial charge in [0, 0.05) is 37.3 Å². The Labute approximate surface area is 228 Å². The van der Waals surface area contributed by atoms with Gasteiger partial charge >= 0.3 is 0 Å². The lowest BCUT2D eigenvalue weighted by atomic mass is 9.80. The number of carbonyl (C=O) groups excluding carboxylic acids is 1. The van der Waals surface area contributed by atoms with Gasteiger partial charge in [0.15, 0.2) is 17.2 Å². The first kappa shape index (κ1) is 24.9. The molecule has 0 aliphatic carbocycles. The Morgan fingerprint density at radius 3 is 2.62 bits per heavy atom. The summed E-state index contributed by atoms with van der Waals surface area (Å²) in [4.78, 5) is 35.2. The van der Waals surface area contributed by atoms with Crippen molar-refractivity contribution < 1.29 is 18.7 Å². The van der Waals surface area contributed by atoms with E-state index in [0.29, 0.717) is 16.9 Å². The van der Waals surface area contributed by atoms with Crippen LogP contribution in [0.5, 0.6) is 5.75 Å². The molecule has 0 spiro atoms. The van der Waals surface area contributed by atoms with E-state index in [1.807, 2.05) is 0 Å². The molecule has 5 heterocycles. The Morgan fingerprint density at radius 1 is 1.13 bits per heavy atom. The second-order valence-corrected chi connectivity index (χ2v) is 9.82. The Balaban J connectivity index is 1.47. The summed E-state index contributed by atoms with van der Waals surface area (Å²) in [5.41, 5.74) is 6.56. The third-order valence-electron chi connectivity index (χ3n) is 6.51. The first-order chi connectivity index (χ1) is 18.6. The molecule has 1 unspecified atom stereocenters. The van der Waals surface area contributed by atoms with Crippen LogP contribution in [0.1, 0.15) is 29.4 Å². The number of pyridine rings is 1. The standard InChI is InChI=1S/C25H16Cl2F2N8O2/c1-25(19-17(27)18(38)13(26)8-32-19)16-20(30)34-21(35-22(16)36-24(25)39)15-9-37-3-2-31-23(37)14(33-15)6-10-4-11(28)7-12(29)5-10/h2-5,7-9H,6H2,1H3,(H,32,38)(H3,30,34,35,36,39). The number of carbonyl (C=O) groups is 1. The molecule has 1 aromatic carbocycles. The molecule has 5 aromatic rings. The van der Waals surface area contributed by atoms with Gasteiger partial charge in [0.2, 0.25) is 5.91 Å². The zero-order valence-corrected chi connectivity index (χ0v) is 21.4. The van der Waals surface area contributed by atoms with E-state index in [-0.39, 0.29) is 50.9 Å². The third kappa shape index (κ3) is 3.91. The zero-order chi connectivity index (χ0) is 27.6. The lowest BCUT2D eigenvalue weighted by Gasteiger charge is -2.23. The Morgan fingerprint density at radius 2 is 1.87 bits per heavy atom. The molecule has 4 N–H and O–H groups in total. The second-order valence-electron chi connectivity index (χ2n) is 9.04. The van der Waals surface area contributed by atoms with Gasteiger partial charge in [-0.05, 0) is 24.6 Å². The highest BCUT2D eigenvalue weighted by atomic mass is 35.5. The van der Waals surface area contributed by atoms with Crippen LogP contribution < -0.4 is 11.1 Å². The molecule has 1 atom stereocenters. The van der Waals surface area contributed by atoms with Gasteiger partial charge in [-0.15, -0.1) is 0 Å². The predicted octanol–water partition coefficient (Wildman–Crippen LogP) is 4.30. The van der Waals surface area contributed by atoms with Gasteiger partial charge in [0.05, 0.1) is 17.0 Å². The van der Waals surface area contributed by atoms with E-state index in [9.17, 15) is 18.7 Å². The highest BCUT2D eigenvalue weighted by molar-refractivity contribution is 6.37. The number of amides is 1.